The molecule has 0 saturated carbocycles. The number of ether oxygens (including phenoxy) is 1. The molecular formula is C30H38N8O2. The molecule has 3 aromatic rings. The van der Waals surface area contributed by atoms with Crippen LogP contribution in [0.3, 0.4) is 0 Å². The average molecular weight is 543 g/mol. The van der Waals surface area contributed by atoms with Gasteiger partial charge in [0.1, 0.15) is 11.4 Å². The molecule has 2 aromatic carbocycles. The quantitative estimate of drug-likeness (QED) is 0.323. The van der Waals surface area contributed by atoms with Gasteiger partial charge in [-0.2, -0.15) is 0 Å². The van der Waals surface area contributed by atoms with Gasteiger partial charge in [-0.15, -0.1) is 0 Å². The van der Waals surface area contributed by atoms with E-state index in [0.29, 0.717) is 28.9 Å². The number of aromatic amines is 1. The molecule has 0 aliphatic carbocycles. The molecule has 1 unspecified atom stereocenters. The van der Waals surface area contributed by atoms with Crippen LogP contribution in [0, 0.1) is 0 Å². The largest absolute Gasteiger partial charge is 0.496 e. The van der Waals surface area contributed by atoms with E-state index in [0.717, 1.165) is 35.7 Å². The molecular weight excluding hydrogens is 504 g/mol. The fourth-order valence-corrected chi connectivity index (χ4v) is 6.19. The Balaban J connectivity index is 1.28. The number of aliphatic imine (C=N–C) groups is 1. The van der Waals surface area contributed by atoms with Crippen LogP contribution in [0.25, 0.3) is 0 Å². The van der Waals surface area contributed by atoms with E-state index in [1.54, 1.807) is 20.2 Å². The summed E-state index contributed by atoms with van der Waals surface area (Å²) in [4.78, 5) is 25.8. The van der Waals surface area contributed by atoms with E-state index in [4.69, 9.17) is 15.5 Å². The number of hydrogen-bond acceptors (Lipinski definition) is 8. The van der Waals surface area contributed by atoms with Crippen LogP contribution in [0.5, 0.6) is 5.75 Å². The minimum atomic E-state index is -1.30. The zero-order chi connectivity index (χ0) is 27.7. The highest BCUT2D eigenvalue weighted by molar-refractivity contribution is 6.14. The van der Waals surface area contributed by atoms with Gasteiger partial charge >= 0.3 is 0 Å². The third kappa shape index (κ3) is 4.89. The molecule has 1 aromatic heterocycles. The number of carbonyl (C=O) groups is 1. The molecule has 1 amide bonds. The summed E-state index contributed by atoms with van der Waals surface area (Å²) >= 11 is 0. The number of carbonyl (C=O) groups excluding carboxylic acids is 1. The predicted octanol–water partition coefficient (Wildman–Crippen LogP) is 3.50. The van der Waals surface area contributed by atoms with E-state index in [1.807, 2.05) is 36.5 Å². The van der Waals surface area contributed by atoms with Crippen LogP contribution < -0.4 is 31.3 Å². The summed E-state index contributed by atoms with van der Waals surface area (Å²) in [5, 5.41) is 9.42. The second-order valence-corrected chi connectivity index (χ2v) is 10.7. The maximum atomic E-state index is 12.5. The maximum Gasteiger partial charge on any atom is 0.253 e. The number of methoxy groups -OCH3 is 1. The number of nitrogens with zero attached hydrogens (tertiary/aromatic N) is 3. The fraction of sp³-hybridized carbons (Fsp3) is 0.400. The van der Waals surface area contributed by atoms with E-state index >= 15 is 0 Å². The van der Waals surface area contributed by atoms with Crippen molar-refractivity contribution in [1.82, 2.24) is 15.2 Å². The van der Waals surface area contributed by atoms with E-state index in [9.17, 15) is 4.79 Å². The van der Waals surface area contributed by atoms with E-state index < -0.39 is 5.79 Å². The van der Waals surface area contributed by atoms with Crippen molar-refractivity contribution >= 4 is 28.8 Å². The molecule has 2 saturated heterocycles. The number of anilines is 3. The summed E-state index contributed by atoms with van der Waals surface area (Å²) in [6, 6.07) is 16.1. The molecule has 3 aliphatic heterocycles. The molecule has 0 bridgehead atoms. The summed E-state index contributed by atoms with van der Waals surface area (Å²) in [7, 11) is 3.28. The van der Waals surface area contributed by atoms with Crippen molar-refractivity contribution in [1.29, 1.82) is 0 Å². The van der Waals surface area contributed by atoms with Crippen LogP contribution in [0.4, 0.5) is 17.1 Å². The van der Waals surface area contributed by atoms with E-state index in [-0.39, 0.29) is 5.91 Å². The number of fused-ring (bicyclic) bond motifs is 1. The number of benzene rings is 2. The average Bonchev–Trinajstić information content (AvgIpc) is 3.70. The number of piperidine rings is 1. The Morgan fingerprint density at radius 3 is 2.62 bits per heavy atom. The first-order chi connectivity index (χ1) is 19.5. The van der Waals surface area contributed by atoms with Gasteiger partial charge in [-0.3, -0.25) is 10.5 Å². The fourth-order valence-electron chi connectivity index (χ4n) is 6.19. The van der Waals surface area contributed by atoms with Crippen molar-refractivity contribution in [2.75, 3.05) is 55.9 Å². The van der Waals surface area contributed by atoms with Gasteiger partial charge in [0.2, 0.25) is 5.79 Å². The standard InChI is InChI=1S/C30H38N8O2/c1-32-29(39)22-7-3-4-8-24(22)34-28-27-25(11-14-33-27)35-30(31,36-28)23-10-9-21(19-26(23)40-2)38-17-12-20(13-18-38)37-15-5-6-16-37/h3-4,7-11,14,19-20,33,35H,5-6,12-13,15-18,31H2,1-2H3,(H,32,39)(H,34,36). The first-order valence-corrected chi connectivity index (χ1v) is 14.1. The lowest BCUT2D eigenvalue weighted by Crippen LogP contribution is -2.47. The SMILES string of the molecule is CNC(=O)c1ccccc1NC1=NC(N)(c2ccc(N3CCC(N4CCCC4)CC3)cc2OC)Nc2cc[nH]c21. The van der Waals surface area contributed by atoms with Gasteiger partial charge in [0.05, 0.1) is 29.6 Å². The Morgan fingerprint density at radius 2 is 1.88 bits per heavy atom. The minimum absolute atomic E-state index is 0.190. The molecule has 3 aliphatic rings. The molecule has 40 heavy (non-hydrogen) atoms. The van der Waals surface area contributed by atoms with Crippen molar-refractivity contribution in [2.24, 2.45) is 10.7 Å². The maximum absolute atomic E-state index is 12.5. The lowest BCUT2D eigenvalue weighted by atomic mass is 10.0. The highest BCUT2D eigenvalue weighted by Gasteiger charge is 2.37. The number of H-pyrrole nitrogens is 1. The summed E-state index contributed by atoms with van der Waals surface area (Å²) in [6.07, 6.45) is 6.85. The van der Waals surface area contributed by atoms with Gasteiger partial charge in [0.15, 0.2) is 5.84 Å². The molecule has 0 spiro atoms. The number of likely N-dealkylation sites (tertiary alicyclic amines) is 1. The summed E-state index contributed by atoms with van der Waals surface area (Å²) in [6.45, 7) is 4.55. The van der Waals surface area contributed by atoms with Crippen molar-refractivity contribution in [2.45, 2.75) is 37.5 Å². The molecule has 10 nitrogen and oxygen atoms in total. The number of nitrogens with two attached hydrogens (primary N) is 1. The van der Waals surface area contributed by atoms with Crippen LogP contribution in [-0.4, -0.2) is 68.0 Å². The van der Waals surface area contributed by atoms with E-state index in [2.05, 4.69) is 42.9 Å². The van der Waals surface area contributed by atoms with Gasteiger partial charge in [-0.05, 0) is 69.1 Å². The molecule has 210 valence electrons. The normalized spacial score (nSPS) is 21.4. The van der Waals surface area contributed by atoms with Crippen LogP contribution >= 0.6 is 0 Å². The molecule has 6 N–H and O–H groups in total. The van der Waals surface area contributed by atoms with Gasteiger partial charge < -0.3 is 35.5 Å². The van der Waals surface area contributed by atoms with Gasteiger partial charge in [-0.1, -0.05) is 12.1 Å². The number of hydrogen-bond donors (Lipinski definition) is 5. The molecule has 10 heteroatoms. The number of amides is 1. The van der Waals surface area contributed by atoms with Crippen LogP contribution in [0.2, 0.25) is 0 Å². The number of aromatic nitrogens is 1. The number of rotatable bonds is 6. The van der Waals surface area contributed by atoms with Crippen molar-refractivity contribution in [3.05, 3.63) is 71.5 Å². The summed E-state index contributed by atoms with van der Waals surface area (Å²) in [5.41, 5.74) is 11.5. The lowest BCUT2D eigenvalue weighted by molar-refractivity contribution is 0.0964. The van der Waals surface area contributed by atoms with Crippen molar-refractivity contribution in [3.8, 4) is 5.75 Å². The smallest absolute Gasteiger partial charge is 0.253 e. The monoisotopic (exact) mass is 542 g/mol. The Hall–Kier alpha value is -4.02. The third-order valence-corrected chi connectivity index (χ3v) is 8.33. The van der Waals surface area contributed by atoms with Gasteiger partial charge in [-0.25, -0.2) is 4.99 Å². The zero-order valence-electron chi connectivity index (χ0n) is 23.2. The van der Waals surface area contributed by atoms with Crippen LogP contribution in [0.1, 0.15) is 47.3 Å². The number of nitrogens with one attached hydrogen (secondary N) is 4. The highest BCUT2D eigenvalue weighted by Crippen LogP contribution is 2.38. The molecule has 2 fully saturated rings. The van der Waals surface area contributed by atoms with Gasteiger partial charge in [0, 0.05) is 44.1 Å². The second kappa shape index (κ2) is 10.9. The Morgan fingerprint density at radius 1 is 1.10 bits per heavy atom. The Bertz CT molecular complexity index is 1400. The van der Waals surface area contributed by atoms with Gasteiger partial charge in [0.25, 0.3) is 5.91 Å². The molecule has 4 heterocycles. The summed E-state index contributed by atoms with van der Waals surface area (Å²) < 4.78 is 5.88. The van der Waals surface area contributed by atoms with Crippen molar-refractivity contribution in [3.63, 3.8) is 0 Å². The predicted molar refractivity (Wildman–Crippen MR) is 159 cm³/mol. The first kappa shape index (κ1) is 26.2. The van der Waals surface area contributed by atoms with E-state index in [1.165, 1.54) is 38.8 Å². The summed E-state index contributed by atoms with van der Waals surface area (Å²) in [5.74, 6) is -0.300. The number of para-hydroxylation sites is 1. The van der Waals surface area contributed by atoms with Crippen LogP contribution in [0.15, 0.2) is 59.7 Å². The minimum Gasteiger partial charge on any atom is -0.496 e. The number of amidine groups is 1. The molecule has 1 atom stereocenters. The second-order valence-electron chi connectivity index (χ2n) is 10.7. The molecule has 6 rings (SSSR count). The highest BCUT2D eigenvalue weighted by atomic mass is 16.5. The zero-order valence-corrected chi connectivity index (χ0v) is 23.2. The Kier molecular flexibility index (Phi) is 7.12. The van der Waals surface area contributed by atoms with Crippen molar-refractivity contribution < 1.29 is 9.53 Å². The molecule has 0 radical (unpaired) electrons. The lowest BCUT2D eigenvalue weighted by Gasteiger charge is -2.38. The first-order valence-electron chi connectivity index (χ1n) is 14.1. The topological polar surface area (TPSA) is 123 Å². The van der Waals surface area contributed by atoms with Crippen LogP contribution in [-0.2, 0) is 5.79 Å². The Labute approximate surface area is 235 Å². The third-order valence-electron chi connectivity index (χ3n) is 8.33.